The molecule has 2 fully saturated rings. The van der Waals surface area contributed by atoms with Gasteiger partial charge in [0.25, 0.3) is 0 Å². The van der Waals surface area contributed by atoms with E-state index in [0.29, 0.717) is 18.5 Å². The summed E-state index contributed by atoms with van der Waals surface area (Å²) in [6.07, 6.45) is 14.9. The van der Waals surface area contributed by atoms with E-state index in [1.54, 1.807) is 0 Å². The molecule has 0 unspecified atom stereocenters. The number of pyridine rings is 1. The van der Waals surface area contributed by atoms with Crippen molar-refractivity contribution in [3.63, 3.8) is 0 Å². The fraction of sp³-hybridized carbons (Fsp3) is 0.700. The molecule has 1 saturated heterocycles. The Morgan fingerprint density at radius 3 is 2.36 bits per heavy atom. The van der Waals surface area contributed by atoms with Gasteiger partial charge in [-0.1, -0.05) is 44.6 Å². The van der Waals surface area contributed by atoms with Gasteiger partial charge < -0.3 is 16.0 Å². The van der Waals surface area contributed by atoms with Crippen LogP contribution in [0.4, 0.5) is 5.82 Å². The molecule has 0 bridgehead atoms. The Morgan fingerprint density at radius 2 is 1.72 bits per heavy atom. The van der Waals surface area contributed by atoms with Gasteiger partial charge in [-0.3, -0.25) is 0 Å². The standard InChI is InChI=1S/C20H33N5/c21-20(24-18-9-5-1-2-6-10-18)23-16-17-11-12-19(22-15-17)25-13-7-3-4-8-14-25/h11-12,15,18H,1-10,13-14,16H2,(H3,21,23,24). The molecule has 1 aliphatic heterocycles. The predicted octanol–water partition coefficient (Wildman–Crippen LogP) is 3.59. The highest BCUT2D eigenvalue weighted by molar-refractivity contribution is 5.78. The zero-order valence-electron chi connectivity index (χ0n) is 15.4. The van der Waals surface area contributed by atoms with Crippen molar-refractivity contribution >= 4 is 11.8 Å². The molecular weight excluding hydrogens is 310 g/mol. The van der Waals surface area contributed by atoms with E-state index in [-0.39, 0.29) is 0 Å². The Morgan fingerprint density at radius 1 is 1.04 bits per heavy atom. The fourth-order valence-electron chi connectivity index (χ4n) is 3.85. The molecule has 25 heavy (non-hydrogen) atoms. The van der Waals surface area contributed by atoms with Crippen LogP contribution >= 0.6 is 0 Å². The summed E-state index contributed by atoms with van der Waals surface area (Å²) in [4.78, 5) is 11.6. The number of nitrogens with zero attached hydrogens (tertiary/aromatic N) is 3. The molecule has 0 atom stereocenters. The summed E-state index contributed by atoms with van der Waals surface area (Å²) in [5, 5.41) is 3.40. The molecule has 2 heterocycles. The number of aliphatic imine (C=N–C) groups is 1. The zero-order chi connectivity index (χ0) is 17.3. The van der Waals surface area contributed by atoms with E-state index in [9.17, 15) is 0 Å². The topological polar surface area (TPSA) is 66.5 Å². The third-order valence-corrected chi connectivity index (χ3v) is 5.38. The smallest absolute Gasteiger partial charge is 0.189 e. The van der Waals surface area contributed by atoms with Gasteiger partial charge in [-0.25, -0.2) is 9.98 Å². The van der Waals surface area contributed by atoms with Gasteiger partial charge in [-0.2, -0.15) is 0 Å². The van der Waals surface area contributed by atoms with Crippen molar-refractivity contribution in [3.8, 4) is 0 Å². The van der Waals surface area contributed by atoms with Gasteiger partial charge in [0, 0.05) is 25.3 Å². The third kappa shape index (κ3) is 5.91. The second kappa shape index (κ2) is 9.64. The molecule has 1 aliphatic carbocycles. The average Bonchev–Trinajstić information content (AvgIpc) is 3.05. The second-order valence-corrected chi connectivity index (χ2v) is 7.46. The maximum absolute atomic E-state index is 6.08. The summed E-state index contributed by atoms with van der Waals surface area (Å²) >= 11 is 0. The number of anilines is 1. The first-order valence-electron chi connectivity index (χ1n) is 10.1. The van der Waals surface area contributed by atoms with Gasteiger partial charge in [-0.15, -0.1) is 0 Å². The molecular formula is C20H33N5. The number of hydrogen-bond donors (Lipinski definition) is 2. The minimum Gasteiger partial charge on any atom is -0.370 e. The van der Waals surface area contributed by atoms with Crippen molar-refractivity contribution in [1.29, 1.82) is 0 Å². The molecule has 0 amide bonds. The van der Waals surface area contributed by atoms with Crippen LogP contribution in [-0.2, 0) is 6.54 Å². The quantitative estimate of drug-likeness (QED) is 0.498. The van der Waals surface area contributed by atoms with Crippen molar-refractivity contribution in [2.24, 2.45) is 10.7 Å². The number of hydrogen-bond acceptors (Lipinski definition) is 3. The Balaban J connectivity index is 1.50. The van der Waals surface area contributed by atoms with Crippen molar-refractivity contribution in [2.75, 3.05) is 18.0 Å². The number of guanidine groups is 1. The van der Waals surface area contributed by atoms with Crippen LogP contribution < -0.4 is 16.0 Å². The Hall–Kier alpha value is -1.78. The summed E-state index contributed by atoms with van der Waals surface area (Å²) in [5.41, 5.74) is 7.19. The summed E-state index contributed by atoms with van der Waals surface area (Å²) in [6.45, 7) is 2.85. The van der Waals surface area contributed by atoms with Crippen LogP contribution in [0, 0.1) is 0 Å². The van der Waals surface area contributed by atoms with Gasteiger partial charge in [0.15, 0.2) is 5.96 Å². The van der Waals surface area contributed by atoms with Crippen LogP contribution in [0.25, 0.3) is 0 Å². The number of nitrogens with one attached hydrogen (secondary N) is 1. The van der Waals surface area contributed by atoms with Crippen LogP contribution in [0.3, 0.4) is 0 Å². The number of aromatic nitrogens is 1. The van der Waals surface area contributed by atoms with Gasteiger partial charge in [0.1, 0.15) is 5.82 Å². The van der Waals surface area contributed by atoms with E-state index < -0.39 is 0 Å². The molecule has 3 rings (SSSR count). The first-order valence-corrected chi connectivity index (χ1v) is 10.1. The van der Waals surface area contributed by atoms with Gasteiger partial charge in [0.2, 0.25) is 0 Å². The lowest BCUT2D eigenvalue weighted by Gasteiger charge is -2.21. The normalized spacial score (nSPS) is 20.8. The van der Waals surface area contributed by atoms with E-state index in [1.165, 1.54) is 64.2 Å². The summed E-state index contributed by atoms with van der Waals surface area (Å²) < 4.78 is 0. The van der Waals surface area contributed by atoms with Crippen molar-refractivity contribution in [1.82, 2.24) is 10.3 Å². The lowest BCUT2D eigenvalue weighted by atomic mass is 10.1. The average molecular weight is 344 g/mol. The molecule has 5 heteroatoms. The third-order valence-electron chi connectivity index (χ3n) is 5.38. The molecule has 1 aromatic heterocycles. The van der Waals surface area contributed by atoms with Gasteiger partial charge in [-0.05, 0) is 37.3 Å². The summed E-state index contributed by atoms with van der Waals surface area (Å²) in [6, 6.07) is 4.76. The summed E-state index contributed by atoms with van der Waals surface area (Å²) in [5.74, 6) is 1.67. The molecule has 5 nitrogen and oxygen atoms in total. The molecule has 1 saturated carbocycles. The van der Waals surface area contributed by atoms with E-state index in [4.69, 9.17) is 5.73 Å². The SMILES string of the molecule is NC(=NCc1ccc(N2CCCCCC2)nc1)NC1CCCCCC1. The highest BCUT2D eigenvalue weighted by Gasteiger charge is 2.13. The van der Waals surface area contributed by atoms with E-state index in [2.05, 4.69) is 32.3 Å². The number of nitrogens with two attached hydrogens (primary N) is 1. The Kier molecular flexibility index (Phi) is 6.95. The summed E-state index contributed by atoms with van der Waals surface area (Å²) in [7, 11) is 0. The fourth-order valence-corrected chi connectivity index (χ4v) is 3.85. The predicted molar refractivity (Wildman–Crippen MR) is 105 cm³/mol. The minimum atomic E-state index is 0.495. The highest BCUT2D eigenvalue weighted by Crippen LogP contribution is 2.18. The van der Waals surface area contributed by atoms with E-state index in [1.807, 2.05) is 6.20 Å². The van der Waals surface area contributed by atoms with Crippen molar-refractivity contribution in [2.45, 2.75) is 76.8 Å². The lowest BCUT2D eigenvalue weighted by Crippen LogP contribution is -2.39. The van der Waals surface area contributed by atoms with Crippen LogP contribution in [0.1, 0.15) is 69.8 Å². The first kappa shape index (κ1) is 18.0. The van der Waals surface area contributed by atoms with Gasteiger partial charge >= 0.3 is 0 Å². The highest BCUT2D eigenvalue weighted by atomic mass is 15.2. The molecule has 2 aliphatic rings. The first-order chi connectivity index (χ1) is 12.3. The maximum atomic E-state index is 6.08. The number of rotatable bonds is 4. The monoisotopic (exact) mass is 343 g/mol. The van der Waals surface area contributed by atoms with Crippen molar-refractivity contribution in [3.05, 3.63) is 23.9 Å². The second-order valence-electron chi connectivity index (χ2n) is 7.46. The van der Waals surface area contributed by atoms with Crippen LogP contribution in [0.5, 0.6) is 0 Å². The Labute approximate surface area is 152 Å². The van der Waals surface area contributed by atoms with Crippen LogP contribution in [0.2, 0.25) is 0 Å². The maximum Gasteiger partial charge on any atom is 0.189 e. The molecule has 0 spiro atoms. The molecule has 1 aromatic rings. The minimum absolute atomic E-state index is 0.495. The zero-order valence-corrected chi connectivity index (χ0v) is 15.4. The molecule has 0 aromatic carbocycles. The van der Waals surface area contributed by atoms with E-state index >= 15 is 0 Å². The van der Waals surface area contributed by atoms with E-state index in [0.717, 1.165) is 24.5 Å². The molecule has 138 valence electrons. The Bertz CT molecular complexity index is 524. The lowest BCUT2D eigenvalue weighted by molar-refractivity contribution is 0.530. The van der Waals surface area contributed by atoms with Gasteiger partial charge in [0.05, 0.1) is 6.54 Å². The van der Waals surface area contributed by atoms with Crippen LogP contribution in [-0.4, -0.2) is 30.1 Å². The molecule has 3 N–H and O–H groups in total. The largest absolute Gasteiger partial charge is 0.370 e. The van der Waals surface area contributed by atoms with Crippen LogP contribution in [0.15, 0.2) is 23.3 Å². The molecule has 0 radical (unpaired) electrons. The van der Waals surface area contributed by atoms with Crippen molar-refractivity contribution < 1.29 is 0 Å².